The van der Waals surface area contributed by atoms with Crippen molar-refractivity contribution in [2.24, 2.45) is 11.7 Å². The van der Waals surface area contributed by atoms with Gasteiger partial charge in [0.15, 0.2) is 0 Å². The summed E-state index contributed by atoms with van der Waals surface area (Å²) in [6.07, 6.45) is 4.89. The third-order valence-electron chi connectivity index (χ3n) is 3.69. The van der Waals surface area contributed by atoms with E-state index in [2.05, 4.69) is 17.6 Å². The largest absolute Gasteiger partial charge is 0.480 e. The zero-order valence-electron chi connectivity index (χ0n) is 11.7. The van der Waals surface area contributed by atoms with E-state index < -0.39 is 30.4 Å². The van der Waals surface area contributed by atoms with Crippen molar-refractivity contribution >= 4 is 17.9 Å². The summed E-state index contributed by atoms with van der Waals surface area (Å²) in [5.41, 5.74) is 4.96. The van der Waals surface area contributed by atoms with E-state index in [1.54, 1.807) is 0 Å². The molecule has 2 unspecified atom stereocenters. The minimum atomic E-state index is -1.28. The maximum atomic E-state index is 11.8. The molecule has 0 aliphatic heterocycles. The first-order valence-corrected chi connectivity index (χ1v) is 6.98. The van der Waals surface area contributed by atoms with Gasteiger partial charge in [0, 0.05) is 6.04 Å². The van der Waals surface area contributed by atoms with E-state index in [1.807, 2.05) is 0 Å². The fourth-order valence-electron chi connectivity index (χ4n) is 2.48. The second kappa shape index (κ2) is 7.72. The molecule has 0 aromatic rings. The Morgan fingerprint density at radius 1 is 1.25 bits per heavy atom. The Balaban J connectivity index is 2.51. The molecular weight excluding hydrogens is 262 g/mol. The van der Waals surface area contributed by atoms with Crippen LogP contribution in [0.15, 0.2) is 0 Å². The normalized spacial score (nSPS) is 24.2. The number of nitrogens with two attached hydrogens (primary N) is 1. The number of nitrogens with one attached hydrogen (secondary N) is 2. The second-order valence-electron chi connectivity index (χ2n) is 5.40. The van der Waals surface area contributed by atoms with Gasteiger partial charge in [-0.25, -0.2) is 9.59 Å². The predicted octanol–water partition coefficient (Wildman–Crippen LogP) is 0.583. The quantitative estimate of drug-likeness (QED) is 0.552. The van der Waals surface area contributed by atoms with Crippen LogP contribution in [-0.4, -0.2) is 35.1 Å². The first-order chi connectivity index (χ1) is 9.40. The summed E-state index contributed by atoms with van der Waals surface area (Å²) < 4.78 is 0. The fraction of sp³-hybridized carbons (Fsp3) is 0.769. The van der Waals surface area contributed by atoms with Gasteiger partial charge in [-0.2, -0.15) is 0 Å². The summed E-state index contributed by atoms with van der Waals surface area (Å²) in [4.78, 5) is 33.5. The van der Waals surface area contributed by atoms with Gasteiger partial charge in [0.05, 0.1) is 6.42 Å². The lowest BCUT2D eigenvalue weighted by Gasteiger charge is -2.24. The standard InChI is InChI=1S/C13H23N3O4/c1-8-5-3-2-4-6-9(8)15-13(20)16-10(12(18)19)7-11(14)17/h8-10H,2-7H2,1H3,(H2,14,17)(H,18,19)(H2,15,16,20)/t8?,9?,10-/m0/s1. The molecule has 0 bridgehead atoms. The summed E-state index contributed by atoms with van der Waals surface area (Å²) in [5, 5.41) is 14.0. The van der Waals surface area contributed by atoms with Gasteiger partial charge in [0.1, 0.15) is 6.04 Å². The van der Waals surface area contributed by atoms with Gasteiger partial charge in [0.25, 0.3) is 0 Å². The monoisotopic (exact) mass is 285 g/mol. The van der Waals surface area contributed by atoms with Crippen LogP contribution in [-0.2, 0) is 9.59 Å². The van der Waals surface area contributed by atoms with Crippen LogP contribution >= 0.6 is 0 Å². The number of primary amides is 1. The van der Waals surface area contributed by atoms with Crippen LogP contribution in [0.4, 0.5) is 4.79 Å². The SMILES string of the molecule is CC1CCCCCC1NC(=O)N[C@@H](CC(N)=O)C(=O)O. The lowest BCUT2D eigenvalue weighted by Crippen LogP contribution is -2.51. The van der Waals surface area contributed by atoms with E-state index >= 15 is 0 Å². The molecule has 1 rings (SSSR count). The topological polar surface area (TPSA) is 122 Å². The fourth-order valence-corrected chi connectivity index (χ4v) is 2.48. The average molecular weight is 285 g/mol. The molecule has 1 fully saturated rings. The van der Waals surface area contributed by atoms with Gasteiger partial charge in [-0.1, -0.05) is 26.2 Å². The maximum absolute atomic E-state index is 11.8. The molecule has 7 nitrogen and oxygen atoms in total. The number of carboxylic acid groups (broad SMARTS) is 1. The number of rotatable bonds is 5. The van der Waals surface area contributed by atoms with Gasteiger partial charge in [-0.05, 0) is 18.8 Å². The Hall–Kier alpha value is -1.79. The minimum Gasteiger partial charge on any atom is -0.480 e. The van der Waals surface area contributed by atoms with E-state index in [9.17, 15) is 14.4 Å². The van der Waals surface area contributed by atoms with Gasteiger partial charge in [-0.15, -0.1) is 0 Å². The second-order valence-corrected chi connectivity index (χ2v) is 5.40. The molecule has 5 N–H and O–H groups in total. The van der Waals surface area contributed by atoms with Crippen molar-refractivity contribution in [3.05, 3.63) is 0 Å². The van der Waals surface area contributed by atoms with Crippen molar-refractivity contribution in [1.29, 1.82) is 0 Å². The highest BCUT2D eigenvalue weighted by atomic mass is 16.4. The summed E-state index contributed by atoms with van der Waals surface area (Å²) in [6, 6.07) is -1.80. The Morgan fingerprint density at radius 3 is 2.50 bits per heavy atom. The molecule has 3 amide bonds. The number of aliphatic carboxylic acids is 1. The van der Waals surface area contributed by atoms with Crippen molar-refractivity contribution in [2.75, 3.05) is 0 Å². The first kappa shape index (κ1) is 16.3. The predicted molar refractivity (Wildman–Crippen MR) is 72.9 cm³/mol. The summed E-state index contributed by atoms with van der Waals surface area (Å²) in [6.45, 7) is 2.08. The molecule has 0 spiro atoms. The number of hydrogen-bond donors (Lipinski definition) is 4. The molecule has 3 atom stereocenters. The molecule has 0 radical (unpaired) electrons. The molecule has 1 saturated carbocycles. The van der Waals surface area contributed by atoms with Gasteiger partial charge >= 0.3 is 12.0 Å². The third-order valence-corrected chi connectivity index (χ3v) is 3.69. The summed E-state index contributed by atoms with van der Waals surface area (Å²) in [7, 11) is 0. The molecular formula is C13H23N3O4. The highest BCUT2D eigenvalue weighted by Gasteiger charge is 2.25. The van der Waals surface area contributed by atoms with Crippen LogP contribution in [0, 0.1) is 5.92 Å². The Kier molecular flexibility index (Phi) is 6.27. The molecule has 114 valence electrons. The van der Waals surface area contributed by atoms with Crippen LogP contribution in [0.1, 0.15) is 45.4 Å². The van der Waals surface area contributed by atoms with E-state index in [0.29, 0.717) is 5.92 Å². The number of amides is 3. The Bertz CT molecular complexity index is 373. The first-order valence-electron chi connectivity index (χ1n) is 6.98. The van der Waals surface area contributed by atoms with Crippen molar-refractivity contribution < 1.29 is 19.5 Å². The molecule has 0 aromatic heterocycles. The minimum absolute atomic E-state index is 0.0422. The highest BCUT2D eigenvalue weighted by Crippen LogP contribution is 2.22. The molecule has 1 aliphatic carbocycles. The highest BCUT2D eigenvalue weighted by molar-refractivity contribution is 5.87. The van der Waals surface area contributed by atoms with Gasteiger partial charge in [0.2, 0.25) is 5.91 Å². The van der Waals surface area contributed by atoms with Crippen molar-refractivity contribution in [3.8, 4) is 0 Å². The van der Waals surface area contributed by atoms with Gasteiger partial charge in [-0.3, -0.25) is 4.79 Å². The van der Waals surface area contributed by atoms with Crippen molar-refractivity contribution in [1.82, 2.24) is 10.6 Å². The van der Waals surface area contributed by atoms with Crippen molar-refractivity contribution in [3.63, 3.8) is 0 Å². The van der Waals surface area contributed by atoms with E-state index in [0.717, 1.165) is 32.1 Å². The molecule has 7 heteroatoms. The molecule has 1 aliphatic rings. The van der Waals surface area contributed by atoms with Crippen LogP contribution < -0.4 is 16.4 Å². The van der Waals surface area contributed by atoms with E-state index in [4.69, 9.17) is 10.8 Å². The van der Waals surface area contributed by atoms with Crippen LogP contribution in [0.25, 0.3) is 0 Å². The molecule has 0 heterocycles. The zero-order chi connectivity index (χ0) is 15.1. The third kappa shape index (κ3) is 5.46. The summed E-state index contributed by atoms with van der Waals surface area (Å²) >= 11 is 0. The number of carbonyl (C=O) groups is 3. The van der Waals surface area contributed by atoms with Crippen LogP contribution in [0.2, 0.25) is 0 Å². The molecule has 0 aromatic carbocycles. The summed E-state index contributed by atoms with van der Waals surface area (Å²) in [5.74, 6) is -1.67. The zero-order valence-corrected chi connectivity index (χ0v) is 11.7. The van der Waals surface area contributed by atoms with E-state index in [1.165, 1.54) is 0 Å². The Labute approximate surface area is 118 Å². The van der Waals surface area contributed by atoms with Gasteiger partial charge < -0.3 is 21.5 Å². The Morgan fingerprint density at radius 2 is 1.90 bits per heavy atom. The van der Waals surface area contributed by atoms with Crippen LogP contribution in [0.5, 0.6) is 0 Å². The number of carbonyl (C=O) groups excluding carboxylic acids is 2. The maximum Gasteiger partial charge on any atom is 0.326 e. The number of carboxylic acids is 1. The molecule has 0 saturated heterocycles. The number of hydrogen-bond acceptors (Lipinski definition) is 3. The lowest BCUT2D eigenvalue weighted by molar-refractivity contribution is -0.140. The van der Waals surface area contributed by atoms with Crippen molar-refractivity contribution in [2.45, 2.75) is 57.5 Å². The van der Waals surface area contributed by atoms with Crippen LogP contribution in [0.3, 0.4) is 0 Å². The molecule has 20 heavy (non-hydrogen) atoms. The lowest BCUT2D eigenvalue weighted by atomic mass is 9.97. The van der Waals surface area contributed by atoms with E-state index in [-0.39, 0.29) is 6.04 Å². The smallest absolute Gasteiger partial charge is 0.326 e. The number of urea groups is 1. The average Bonchev–Trinajstić information content (AvgIpc) is 2.53.